The summed E-state index contributed by atoms with van der Waals surface area (Å²) in [6, 6.07) is 7.43. The Morgan fingerprint density at radius 2 is 2.17 bits per heavy atom. The van der Waals surface area contributed by atoms with Crippen molar-refractivity contribution in [1.82, 2.24) is 20.0 Å². The summed E-state index contributed by atoms with van der Waals surface area (Å²) in [6.45, 7) is 1.77. The average molecular weight is 430 g/mol. The fourth-order valence-electron chi connectivity index (χ4n) is 2.70. The predicted molar refractivity (Wildman–Crippen MR) is 110 cm³/mol. The van der Waals surface area contributed by atoms with Crippen molar-refractivity contribution >= 4 is 29.4 Å². The van der Waals surface area contributed by atoms with Gasteiger partial charge in [0.25, 0.3) is 11.5 Å². The Hall–Kier alpha value is -3.11. The number of aromatic nitrogens is 3. The molecule has 0 radical (unpaired) electrons. The number of aryl methyl sites for hydroxylation is 1. The highest BCUT2D eigenvalue weighted by Crippen LogP contribution is 2.26. The van der Waals surface area contributed by atoms with Crippen molar-refractivity contribution in [2.45, 2.75) is 45.0 Å². The summed E-state index contributed by atoms with van der Waals surface area (Å²) in [7, 11) is 0. The summed E-state index contributed by atoms with van der Waals surface area (Å²) in [4.78, 5) is 28.8. The Morgan fingerprint density at radius 3 is 2.87 bits per heavy atom. The molecular weight excluding hydrogens is 410 g/mol. The number of aliphatic hydroxyl groups is 1. The molecule has 1 aliphatic carbocycles. The molecule has 2 aliphatic rings. The topological polar surface area (TPSA) is 126 Å². The zero-order valence-electron chi connectivity index (χ0n) is 16.2. The Labute approximate surface area is 177 Å². The number of para-hydroxylation sites is 1. The first-order valence-corrected chi connectivity index (χ1v) is 9.90. The number of nitrogens with zero attached hydrogens (tertiary/aromatic N) is 6. The maximum absolute atomic E-state index is 11.6. The highest BCUT2D eigenvalue weighted by Gasteiger charge is 2.22. The molecule has 1 amide bonds. The van der Waals surface area contributed by atoms with Gasteiger partial charge in [0.05, 0.1) is 11.1 Å². The Morgan fingerprint density at radius 1 is 1.37 bits per heavy atom. The number of hydrogen-bond donors (Lipinski definition) is 2. The minimum absolute atomic E-state index is 0.136. The van der Waals surface area contributed by atoms with Gasteiger partial charge in [0.2, 0.25) is 6.35 Å². The van der Waals surface area contributed by atoms with Gasteiger partial charge in [-0.15, -0.1) is 0 Å². The second-order valence-electron chi connectivity index (χ2n) is 6.82. The van der Waals surface area contributed by atoms with Crippen LogP contribution in [0, 0.1) is 6.92 Å². The molecular formula is C19H20ClN7O3. The summed E-state index contributed by atoms with van der Waals surface area (Å²) in [6.07, 6.45) is 3.29. The quantitative estimate of drug-likeness (QED) is 0.646. The molecule has 2 aromatic rings. The van der Waals surface area contributed by atoms with E-state index in [2.05, 4.69) is 30.4 Å². The molecule has 0 saturated heterocycles. The first-order valence-electron chi connectivity index (χ1n) is 9.52. The molecule has 4 rings (SSSR count). The van der Waals surface area contributed by atoms with Crippen molar-refractivity contribution in [3.8, 4) is 11.8 Å². The van der Waals surface area contributed by atoms with Gasteiger partial charge in [-0.05, 0) is 44.7 Å². The maximum Gasteiger partial charge on any atom is 0.327 e. The van der Waals surface area contributed by atoms with Crippen LogP contribution < -0.4 is 15.7 Å². The van der Waals surface area contributed by atoms with Crippen LogP contribution in [0.1, 0.15) is 31.5 Å². The molecule has 2 N–H and O–H groups in total. The molecule has 1 unspecified atom stereocenters. The SMILES string of the molecule is Cc1nc(Oc2ccccc2Cl)nc(=NC2CC2)n1N=CCCC1=NC(O)NC1=O. The third-order valence-electron chi connectivity index (χ3n) is 4.34. The highest BCUT2D eigenvalue weighted by atomic mass is 35.5. The monoisotopic (exact) mass is 429 g/mol. The fraction of sp³-hybridized carbons (Fsp3) is 0.368. The molecule has 10 nitrogen and oxygen atoms in total. The zero-order chi connectivity index (χ0) is 21.1. The van der Waals surface area contributed by atoms with Crippen LogP contribution in [-0.4, -0.2) is 50.0 Å². The number of rotatable bonds is 7. The van der Waals surface area contributed by atoms with E-state index in [1.54, 1.807) is 25.3 Å². The molecule has 0 spiro atoms. The smallest absolute Gasteiger partial charge is 0.327 e. The van der Waals surface area contributed by atoms with Crippen LogP contribution in [-0.2, 0) is 4.79 Å². The van der Waals surface area contributed by atoms with Gasteiger partial charge in [0.1, 0.15) is 17.3 Å². The Kier molecular flexibility index (Phi) is 5.86. The van der Waals surface area contributed by atoms with E-state index in [9.17, 15) is 9.90 Å². The third-order valence-corrected chi connectivity index (χ3v) is 4.65. The largest absolute Gasteiger partial charge is 0.423 e. The first-order chi connectivity index (χ1) is 14.5. The molecule has 1 aromatic carbocycles. The van der Waals surface area contributed by atoms with Gasteiger partial charge in [0.15, 0.2) is 0 Å². The van der Waals surface area contributed by atoms with Gasteiger partial charge in [-0.2, -0.15) is 19.7 Å². The summed E-state index contributed by atoms with van der Waals surface area (Å²) in [5, 5.41) is 16.5. The van der Waals surface area contributed by atoms with Crippen molar-refractivity contribution in [1.29, 1.82) is 0 Å². The van der Waals surface area contributed by atoms with E-state index in [0.29, 0.717) is 40.8 Å². The molecule has 2 heterocycles. The number of carbonyl (C=O) groups is 1. The van der Waals surface area contributed by atoms with E-state index < -0.39 is 6.35 Å². The van der Waals surface area contributed by atoms with E-state index in [0.717, 1.165) is 12.8 Å². The van der Waals surface area contributed by atoms with Crippen LogP contribution in [0.4, 0.5) is 0 Å². The first kappa shape index (κ1) is 20.2. The highest BCUT2D eigenvalue weighted by molar-refractivity contribution is 6.40. The zero-order valence-corrected chi connectivity index (χ0v) is 17.0. The third kappa shape index (κ3) is 4.89. The standard InChI is InChI=1S/C19H20ClN7O3/c1-11-22-19(30-15-7-3-2-5-13(15)20)26-17(23-12-8-9-12)27(11)21-10-4-6-14-16(28)25-18(29)24-14/h2-3,5,7,10,12,18,29H,4,6,8-9H2,1H3,(H,25,28). The van der Waals surface area contributed by atoms with Crippen LogP contribution in [0.3, 0.4) is 0 Å². The van der Waals surface area contributed by atoms with Gasteiger partial charge in [0, 0.05) is 6.21 Å². The summed E-state index contributed by atoms with van der Waals surface area (Å²) in [5.41, 5.74) is 0.674. The maximum atomic E-state index is 11.6. The number of aliphatic imine (C=N–C) groups is 1. The molecule has 1 saturated carbocycles. The second-order valence-corrected chi connectivity index (χ2v) is 7.22. The van der Waals surface area contributed by atoms with Crippen LogP contribution in [0.15, 0.2) is 39.4 Å². The molecule has 1 fully saturated rings. The number of benzene rings is 1. The van der Waals surface area contributed by atoms with Gasteiger partial charge >= 0.3 is 6.01 Å². The van der Waals surface area contributed by atoms with Gasteiger partial charge in [-0.1, -0.05) is 23.7 Å². The van der Waals surface area contributed by atoms with E-state index >= 15 is 0 Å². The molecule has 1 atom stereocenters. The minimum atomic E-state index is -1.16. The van der Waals surface area contributed by atoms with Crippen LogP contribution in [0.5, 0.6) is 11.8 Å². The number of carbonyl (C=O) groups excluding carboxylic acids is 1. The Balaban J connectivity index is 1.54. The molecule has 156 valence electrons. The number of halogens is 1. The van der Waals surface area contributed by atoms with Crippen molar-refractivity contribution < 1.29 is 14.6 Å². The summed E-state index contributed by atoms with van der Waals surface area (Å²) in [5.74, 6) is 0.623. The van der Waals surface area contributed by atoms with Gasteiger partial charge in [-0.25, -0.2) is 9.98 Å². The normalized spacial score (nSPS) is 19.3. The lowest BCUT2D eigenvalue weighted by molar-refractivity contribution is -0.116. The van der Waals surface area contributed by atoms with Crippen LogP contribution >= 0.6 is 11.6 Å². The average Bonchev–Trinajstić information content (AvgIpc) is 3.45. The lowest BCUT2D eigenvalue weighted by Crippen LogP contribution is -2.29. The summed E-state index contributed by atoms with van der Waals surface area (Å²) >= 11 is 6.15. The lowest BCUT2D eigenvalue weighted by Gasteiger charge is -2.09. The van der Waals surface area contributed by atoms with Crippen LogP contribution in [0.2, 0.25) is 5.02 Å². The van der Waals surface area contributed by atoms with E-state index in [-0.39, 0.29) is 18.0 Å². The number of aliphatic hydroxyl groups excluding tert-OH is 1. The van der Waals surface area contributed by atoms with E-state index in [1.165, 1.54) is 4.68 Å². The number of amides is 1. The van der Waals surface area contributed by atoms with E-state index in [1.807, 2.05) is 12.1 Å². The lowest BCUT2D eigenvalue weighted by atomic mass is 10.2. The molecule has 30 heavy (non-hydrogen) atoms. The van der Waals surface area contributed by atoms with Gasteiger partial charge < -0.3 is 15.2 Å². The molecule has 1 aromatic heterocycles. The molecule has 1 aliphatic heterocycles. The molecule has 11 heteroatoms. The summed E-state index contributed by atoms with van der Waals surface area (Å²) < 4.78 is 7.27. The predicted octanol–water partition coefficient (Wildman–Crippen LogP) is 1.56. The fourth-order valence-corrected chi connectivity index (χ4v) is 2.88. The van der Waals surface area contributed by atoms with Crippen molar-refractivity contribution in [3.05, 3.63) is 40.7 Å². The van der Waals surface area contributed by atoms with Gasteiger partial charge in [-0.3, -0.25) is 4.79 Å². The van der Waals surface area contributed by atoms with Crippen molar-refractivity contribution in [2.24, 2.45) is 15.1 Å². The Bertz CT molecular complexity index is 1090. The number of hydrogen-bond acceptors (Lipinski definition) is 8. The second kappa shape index (κ2) is 8.72. The van der Waals surface area contributed by atoms with Crippen molar-refractivity contribution in [2.75, 3.05) is 0 Å². The number of ether oxygens (including phenoxy) is 1. The van der Waals surface area contributed by atoms with E-state index in [4.69, 9.17) is 16.3 Å². The molecule has 0 bridgehead atoms. The number of nitrogens with one attached hydrogen (secondary N) is 1. The minimum Gasteiger partial charge on any atom is -0.423 e. The van der Waals surface area contributed by atoms with Crippen molar-refractivity contribution in [3.63, 3.8) is 0 Å². The van der Waals surface area contributed by atoms with Crippen LogP contribution in [0.25, 0.3) is 0 Å².